The lowest BCUT2D eigenvalue weighted by atomic mass is 10.2. The number of thiophene rings is 1. The molecule has 2 aromatic rings. The molecular formula is C18H21ClN2O5S2. The number of halogens is 1. The van der Waals surface area contributed by atoms with Crippen molar-refractivity contribution in [3.05, 3.63) is 34.2 Å². The summed E-state index contributed by atoms with van der Waals surface area (Å²) in [7, 11) is -0.514. The van der Waals surface area contributed by atoms with Crippen molar-refractivity contribution in [3.8, 4) is 11.5 Å². The number of nitrogens with one attached hydrogen (secondary N) is 1. The molecule has 0 aliphatic carbocycles. The molecule has 0 unspecified atom stereocenters. The van der Waals surface area contributed by atoms with Crippen LogP contribution >= 0.6 is 22.9 Å². The lowest BCUT2D eigenvalue weighted by Crippen LogP contribution is -2.27. The summed E-state index contributed by atoms with van der Waals surface area (Å²) in [6.45, 7) is 1.10. The van der Waals surface area contributed by atoms with Crippen molar-refractivity contribution in [2.24, 2.45) is 0 Å². The summed E-state index contributed by atoms with van der Waals surface area (Å²) in [6, 6.07) is 6.37. The number of hydrogen-bond donors (Lipinski definition) is 1. The molecule has 7 nitrogen and oxygen atoms in total. The molecule has 0 radical (unpaired) electrons. The first-order chi connectivity index (χ1) is 13.3. The molecule has 0 saturated carbocycles. The number of sulfonamides is 1. The van der Waals surface area contributed by atoms with Crippen LogP contribution in [-0.4, -0.2) is 45.9 Å². The van der Waals surface area contributed by atoms with E-state index >= 15 is 0 Å². The lowest BCUT2D eigenvalue weighted by molar-refractivity contribution is -0.115. The van der Waals surface area contributed by atoms with E-state index in [1.54, 1.807) is 24.3 Å². The van der Waals surface area contributed by atoms with Crippen LogP contribution in [0.5, 0.6) is 11.5 Å². The van der Waals surface area contributed by atoms with E-state index in [0.717, 1.165) is 24.2 Å². The van der Waals surface area contributed by atoms with Crippen LogP contribution in [0.15, 0.2) is 28.5 Å². The Balaban J connectivity index is 1.72. The summed E-state index contributed by atoms with van der Waals surface area (Å²) in [5.41, 5.74) is 0.426. The SMILES string of the molecule is COc1cc(NC(=O)Cc2ccc(S(=O)(=O)N3CCCC3)s2)c(OC)cc1Cl. The van der Waals surface area contributed by atoms with Gasteiger partial charge >= 0.3 is 0 Å². The Morgan fingerprint density at radius 2 is 1.86 bits per heavy atom. The third-order valence-electron chi connectivity index (χ3n) is 4.38. The molecule has 0 bridgehead atoms. The second-order valence-electron chi connectivity index (χ2n) is 6.24. The molecule has 0 spiro atoms. The van der Waals surface area contributed by atoms with Crippen LogP contribution in [-0.2, 0) is 21.2 Å². The number of methoxy groups -OCH3 is 2. The maximum absolute atomic E-state index is 12.6. The second kappa shape index (κ2) is 8.69. The number of rotatable bonds is 7. The van der Waals surface area contributed by atoms with Gasteiger partial charge < -0.3 is 14.8 Å². The molecule has 1 saturated heterocycles. The van der Waals surface area contributed by atoms with Gasteiger partial charge in [-0.1, -0.05) is 11.6 Å². The highest BCUT2D eigenvalue weighted by Crippen LogP contribution is 2.36. The molecule has 2 heterocycles. The Labute approximate surface area is 173 Å². The van der Waals surface area contributed by atoms with Crippen LogP contribution in [0.4, 0.5) is 5.69 Å². The Bertz CT molecular complexity index is 968. The van der Waals surface area contributed by atoms with E-state index < -0.39 is 10.0 Å². The second-order valence-corrected chi connectivity index (χ2v) is 9.98. The number of carbonyl (C=O) groups is 1. The Hall–Kier alpha value is -1.81. The standard InChI is InChI=1S/C18H21ClN2O5S2/c1-25-15-11-14(16(26-2)10-13(15)19)20-17(22)9-12-5-6-18(27-12)28(23,24)21-7-3-4-8-21/h5-6,10-11H,3-4,7-9H2,1-2H3,(H,20,22). The number of carbonyl (C=O) groups excluding carboxylic acids is 1. The Morgan fingerprint density at radius 1 is 1.18 bits per heavy atom. The number of anilines is 1. The molecule has 1 N–H and O–H groups in total. The van der Waals surface area contributed by atoms with Gasteiger partial charge in [-0.05, 0) is 25.0 Å². The van der Waals surface area contributed by atoms with Crippen molar-refractivity contribution in [3.63, 3.8) is 0 Å². The van der Waals surface area contributed by atoms with Crippen LogP contribution in [0.25, 0.3) is 0 Å². The van der Waals surface area contributed by atoms with Gasteiger partial charge in [0.05, 0.1) is 31.4 Å². The highest BCUT2D eigenvalue weighted by molar-refractivity contribution is 7.91. The van der Waals surface area contributed by atoms with E-state index in [1.807, 2.05) is 0 Å². The zero-order chi connectivity index (χ0) is 20.3. The van der Waals surface area contributed by atoms with Crippen LogP contribution in [0.2, 0.25) is 5.02 Å². The predicted molar refractivity (Wildman–Crippen MR) is 109 cm³/mol. The Kier molecular flexibility index (Phi) is 6.49. The van der Waals surface area contributed by atoms with Crippen LogP contribution in [0.3, 0.4) is 0 Å². The van der Waals surface area contributed by atoms with Crippen LogP contribution < -0.4 is 14.8 Å². The molecule has 3 rings (SSSR count). The minimum atomic E-state index is -3.47. The van der Waals surface area contributed by atoms with E-state index in [0.29, 0.717) is 40.2 Å². The molecule has 1 amide bonds. The molecule has 1 fully saturated rings. The van der Waals surface area contributed by atoms with Crippen molar-refractivity contribution in [1.29, 1.82) is 0 Å². The van der Waals surface area contributed by atoms with Crippen molar-refractivity contribution in [1.82, 2.24) is 4.31 Å². The lowest BCUT2D eigenvalue weighted by Gasteiger charge is -2.13. The van der Waals surface area contributed by atoms with Crippen LogP contribution in [0, 0.1) is 0 Å². The van der Waals surface area contributed by atoms with E-state index in [2.05, 4.69) is 5.32 Å². The first-order valence-corrected chi connectivity index (χ1v) is 11.3. The van der Waals surface area contributed by atoms with E-state index in [1.165, 1.54) is 18.5 Å². The highest BCUT2D eigenvalue weighted by Gasteiger charge is 2.28. The van der Waals surface area contributed by atoms with Gasteiger partial charge in [0.1, 0.15) is 15.7 Å². The van der Waals surface area contributed by atoms with E-state index in [4.69, 9.17) is 21.1 Å². The molecule has 0 atom stereocenters. The molecule has 1 aromatic carbocycles. The molecular weight excluding hydrogens is 424 g/mol. The summed E-state index contributed by atoms with van der Waals surface area (Å²) < 4.78 is 37.4. The van der Waals surface area contributed by atoms with Gasteiger partial charge in [-0.3, -0.25) is 4.79 Å². The fourth-order valence-electron chi connectivity index (χ4n) is 2.96. The van der Waals surface area contributed by atoms with Gasteiger partial charge in [0, 0.05) is 30.1 Å². The monoisotopic (exact) mass is 444 g/mol. The van der Waals surface area contributed by atoms with Crippen molar-refractivity contribution >= 4 is 44.6 Å². The number of benzene rings is 1. The minimum Gasteiger partial charge on any atom is -0.495 e. The van der Waals surface area contributed by atoms with E-state index in [-0.39, 0.29) is 16.5 Å². The average Bonchev–Trinajstić information content (AvgIpc) is 3.35. The average molecular weight is 445 g/mol. The van der Waals surface area contributed by atoms with Gasteiger partial charge in [0.25, 0.3) is 10.0 Å². The number of ether oxygens (including phenoxy) is 2. The fourth-order valence-corrected chi connectivity index (χ4v) is 6.22. The third-order valence-corrected chi connectivity index (χ3v) is 8.13. The number of nitrogens with zero attached hydrogens (tertiary/aromatic N) is 1. The van der Waals surface area contributed by atoms with Crippen LogP contribution in [0.1, 0.15) is 17.7 Å². The first kappa shape index (κ1) is 20.9. The molecule has 1 aromatic heterocycles. The quantitative estimate of drug-likeness (QED) is 0.707. The topological polar surface area (TPSA) is 84.9 Å². The van der Waals surface area contributed by atoms with Gasteiger partial charge in [0.2, 0.25) is 5.91 Å². The van der Waals surface area contributed by atoms with Gasteiger partial charge in [0.15, 0.2) is 0 Å². The molecule has 28 heavy (non-hydrogen) atoms. The number of hydrogen-bond acceptors (Lipinski definition) is 6. The summed E-state index contributed by atoms with van der Waals surface area (Å²) in [4.78, 5) is 13.1. The van der Waals surface area contributed by atoms with Gasteiger partial charge in [-0.25, -0.2) is 8.42 Å². The molecule has 1 aliphatic heterocycles. The smallest absolute Gasteiger partial charge is 0.252 e. The molecule has 1 aliphatic rings. The summed E-state index contributed by atoms with van der Waals surface area (Å²) in [5, 5.41) is 3.13. The third kappa shape index (κ3) is 4.43. The summed E-state index contributed by atoms with van der Waals surface area (Å²) >= 11 is 7.19. The number of amides is 1. The maximum Gasteiger partial charge on any atom is 0.252 e. The fraction of sp³-hybridized carbons (Fsp3) is 0.389. The van der Waals surface area contributed by atoms with Crippen molar-refractivity contribution in [2.45, 2.75) is 23.5 Å². The zero-order valence-corrected chi connectivity index (χ0v) is 17.9. The summed E-state index contributed by atoms with van der Waals surface area (Å²) in [5.74, 6) is 0.519. The zero-order valence-electron chi connectivity index (χ0n) is 15.5. The van der Waals surface area contributed by atoms with Crippen molar-refractivity contribution in [2.75, 3.05) is 32.6 Å². The van der Waals surface area contributed by atoms with E-state index in [9.17, 15) is 13.2 Å². The van der Waals surface area contributed by atoms with Crippen molar-refractivity contribution < 1.29 is 22.7 Å². The highest BCUT2D eigenvalue weighted by atomic mass is 35.5. The Morgan fingerprint density at radius 3 is 2.50 bits per heavy atom. The maximum atomic E-state index is 12.6. The van der Waals surface area contributed by atoms with Gasteiger partial charge in [-0.15, -0.1) is 11.3 Å². The molecule has 152 valence electrons. The molecule has 10 heteroatoms. The first-order valence-electron chi connectivity index (χ1n) is 8.65. The minimum absolute atomic E-state index is 0.0499. The summed E-state index contributed by atoms with van der Waals surface area (Å²) in [6.07, 6.45) is 1.81. The normalized spacial score (nSPS) is 14.8. The van der Waals surface area contributed by atoms with Gasteiger partial charge in [-0.2, -0.15) is 4.31 Å². The largest absolute Gasteiger partial charge is 0.495 e. The predicted octanol–water partition coefficient (Wildman–Crippen LogP) is 3.38.